The second kappa shape index (κ2) is 6.50. The van der Waals surface area contributed by atoms with Gasteiger partial charge in [-0.15, -0.1) is 0 Å². The summed E-state index contributed by atoms with van der Waals surface area (Å²) in [5.41, 5.74) is 3.33. The summed E-state index contributed by atoms with van der Waals surface area (Å²) in [7, 11) is -3.22. The summed E-state index contributed by atoms with van der Waals surface area (Å²) in [5, 5.41) is 0.671. The SMILES string of the molecule is CCP(=O)(OC(=O)c1ccccc1)c1c(C)cc(C)cc1C. The highest BCUT2D eigenvalue weighted by Gasteiger charge is 2.31. The molecule has 0 fully saturated rings. The molecule has 0 aliphatic rings. The van der Waals surface area contributed by atoms with Crippen LogP contribution in [0.5, 0.6) is 0 Å². The average Bonchev–Trinajstić information content (AvgIpc) is 2.47. The zero-order valence-corrected chi connectivity index (χ0v) is 14.3. The minimum absolute atomic E-state index is 0.288. The van der Waals surface area contributed by atoms with Gasteiger partial charge in [0.15, 0.2) is 0 Å². The van der Waals surface area contributed by atoms with Gasteiger partial charge in [0.05, 0.1) is 10.9 Å². The predicted octanol–water partition coefficient (Wildman–Crippen LogP) is 4.39. The molecule has 1 unspecified atom stereocenters. The van der Waals surface area contributed by atoms with E-state index in [0.29, 0.717) is 10.9 Å². The lowest BCUT2D eigenvalue weighted by molar-refractivity contribution is 0.0744. The highest BCUT2D eigenvalue weighted by atomic mass is 31.2. The first-order valence-electron chi connectivity index (χ1n) is 7.34. The van der Waals surface area contributed by atoms with Gasteiger partial charge in [-0.2, -0.15) is 0 Å². The smallest absolute Gasteiger partial charge is 0.343 e. The summed E-state index contributed by atoms with van der Waals surface area (Å²) < 4.78 is 18.8. The van der Waals surface area contributed by atoms with Crippen molar-refractivity contribution in [2.24, 2.45) is 0 Å². The largest absolute Gasteiger partial charge is 0.404 e. The molecule has 0 N–H and O–H groups in total. The van der Waals surface area contributed by atoms with Crippen LogP contribution in [0.4, 0.5) is 0 Å². The Balaban J connectivity index is 2.42. The Morgan fingerprint density at radius 2 is 1.59 bits per heavy atom. The van der Waals surface area contributed by atoms with Crippen molar-refractivity contribution in [3.63, 3.8) is 0 Å². The van der Waals surface area contributed by atoms with Gasteiger partial charge in [-0.3, -0.25) is 4.57 Å². The molecule has 1 atom stereocenters. The lowest BCUT2D eigenvalue weighted by atomic mass is 10.1. The molecule has 116 valence electrons. The predicted molar refractivity (Wildman–Crippen MR) is 90.3 cm³/mol. The van der Waals surface area contributed by atoms with Crippen LogP contribution in [0.1, 0.15) is 34.0 Å². The summed E-state index contributed by atoms with van der Waals surface area (Å²) in [6, 6.07) is 12.6. The van der Waals surface area contributed by atoms with Gasteiger partial charge in [0.2, 0.25) is 0 Å². The molecular formula is C18H21O3P. The van der Waals surface area contributed by atoms with Gasteiger partial charge in [-0.1, -0.05) is 42.8 Å². The van der Waals surface area contributed by atoms with Gasteiger partial charge in [0, 0.05) is 6.16 Å². The van der Waals surface area contributed by atoms with Crippen LogP contribution in [0.2, 0.25) is 0 Å². The first-order chi connectivity index (χ1) is 10.4. The standard InChI is InChI=1S/C18H21O3P/c1-5-22(20,17-14(3)11-13(2)12-15(17)4)21-18(19)16-9-7-6-8-10-16/h6-12H,5H2,1-4H3. The van der Waals surface area contributed by atoms with Crippen LogP contribution in [0.25, 0.3) is 0 Å². The third-order valence-electron chi connectivity index (χ3n) is 3.63. The Kier molecular flexibility index (Phi) is 4.87. The first-order valence-corrected chi connectivity index (χ1v) is 9.15. The highest BCUT2D eigenvalue weighted by molar-refractivity contribution is 7.67. The van der Waals surface area contributed by atoms with Crippen molar-refractivity contribution in [3.8, 4) is 0 Å². The molecule has 0 amide bonds. The second-order valence-corrected chi connectivity index (χ2v) is 8.09. The van der Waals surface area contributed by atoms with Crippen molar-refractivity contribution < 1.29 is 13.9 Å². The summed E-state index contributed by atoms with van der Waals surface area (Å²) >= 11 is 0. The highest BCUT2D eigenvalue weighted by Crippen LogP contribution is 2.48. The monoisotopic (exact) mass is 316 g/mol. The third-order valence-corrected chi connectivity index (χ3v) is 6.31. The number of carbonyl (C=O) groups is 1. The van der Waals surface area contributed by atoms with Gasteiger partial charge in [-0.25, -0.2) is 4.79 Å². The fourth-order valence-corrected chi connectivity index (χ4v) is 4.85. The van der Waals surface area contributed by atoms with Gasteiger partial charge in [0.25, 0.3) is 7.37 Å². The second-order valence-electron chi connectivity index (χ2n) is 5.48. The number of aryl methyl sites for hydroxylation is 3. The molecule has 0 spiro atoms. The van der Waals surface area contributed by atoms with Crippen molar-refractivity contribution in [2.45, 2.75) is 27.7 Å². The van der Waals surface area contributed by atoms with Crippen LogP contribution in [-0.2, 0) is 9.09 Å². The topological polar surface area (TPSA) is 43.4 Å². The summed E-state index contributed by atoms with van der Waals surface area (Å²) in [5.74, 6) is -0.537. The Hall–Kier alpha value is -1.86. The van der Waals surface area contributed by atoms with Gasteiger partial charge in [0.1, 0.15) is 0 Å². The summed E-state index contributed by atoms with van der Waals surface area (Å²) in [6.45, 7) is 7.61. The fourth-order valence-electron chi connectivity index (χ4n) is 2.74. The van der Waals surface area contributed by atoms with Crippen LogP contribution < -0.4 is 5.30 Å². The maximum absolute atomic E-state index is 13.3. The maximum atomic E-state index is 13.3. The Bertz CT molecular complexity index is 712. The van der Waals surface area contributed by atoms with Gasteiger partial charge >= 0.3 is 5.97 Å². The first kappa shape index (κ1) is 16.5. The fraction of sp³-hybridized carbons (Fsp3) is 0.278. The quantitative estimate of drug-likeness (QED) is 0.786. The molecule has 3 nitrogen and oxygen atoms in total. The van der Waals surface area contributed by atoms with Gasteiger partial charge < -0.3 is 4.52 Å². The molecule has 0 aliphatic heterocycles. The molecular weight excluding hydrogens is 295 g/mol. The van der Waals surface area contributed by atoms with E-state index in [1.54, 1.807) is 31.2 Å². The van der Waals surface area contributed by atoms with E-state index >= 15 is 0 Å². The van der Waals surface area contributed by atoms with Crippen LogP contribution >= 0.6 is 7.37 Å². The summed E-state index contributed by atoms with van der Waals surface area (Å²) in [6.07, 6.45) is 0.288. The van der Waals surface area contributed by atoms with Crippen molar-refractivity contribution in [1.82, 2.24) is 0 Å². The van der Waals surface area contributed by atoms with E-state index in [2.05, 4.69) is 0 Å². The molecule has 0 bridgehead atoms. The Labute approximate surface area is 131 Å². The van der Waals surface area contributed by atoms with E-state index in [9.17, 15) is 9.36 Å². The van der Waals surface area contributed by atoms with Crippen LogP contribution in [-0.4, -0.2) is 12.1 Å². The molecule has 0 radical (unpaired) electrons. The van der Waals surface area contributed by atoms with Crippen molar-refractivity contribution >= 4 is 18.6 Å². The minimum Gasteiger partial charge on any atom is -0.404 e. The van der Waals surface area contributed by atoms with E-state index in [-0.39, 0.29) is 6.16 Å². The lowest BCUT2D eigenvalue weighted by Crippen LogP contribution is -2.19. The van der Waals surface area contributed by atoms with Crippen molar-refractivity contribution in [3.05, 3.63) is 64.7 Å². The average molecular weight is 316 g/mol. The zero-order valence-electron chi connectivity index (χ0n) is 13.4. The summed E-state index contributed by atoms with van der Waals surface area (Å²) in [4.78, 5) is 12.3. The van der Waals surface area contributed by atoms with E-state index in [1.807, 2.05) is 39.0 Å². The Morgan fingerprint density at radius 1 is 1.05 bits per heavy atom. The van der Waals surface area contributed by atoms with E-state index < -0.39 is 13.3 Å². The third kappa shape index (κ3) is 3.31. The van der Waals surface area contributed by atoms with Crippen LogP contribution in [0, 0.1) is 20.8 Å². The molecule has 4 heteroatoms. The molecule has 0 heterocycles. The molecule has 0 aliphatic carbocycles. The van der Waals surface area contributed by atoms with E-state index in [1.165, 1.54) is 0 Å². The minimum atomic E-state index is -3.22. The maximum Gasteiger partial charge on any atom is 0.343 e. The molecule has 0 saturated heterocycles. The Morgan fingerprint density at radius 3 is 2.09 bits per heavy atom. The molecule has 22 heavy (non-hydrogen) atoms. The van der Waals surface area contributed by atoms with Crippen molar-refractivity contribution in [2.75, 3.05) is 6.16 Å². The molecule has 0 aromatic heterocycles. The van der Waals surface area contributed by atoms with E-state index in [4.69, 9.17) is 4.52 Å². The number of carbonyl (C=O) groups excluding carboxylic acids is 1. The molecule has 0 saturated carbocycles. The number of rotatable bonds is 4. The number of benzene rings is 2. The number of hydrogen-bond donors (Lipinski definition) is 0. The molecule has 2 aromatic carbocycles. The van der Waals surface area contributed by atoms with Crippen LogP contribution in [0.3, 0.4) is 0 Å². The lowest BCUT2D eigenvalue weighted by Gasteiger charge is -2.21. The van der Waals surface area contributed by atoms with Crippen molar-refractivity contribution in [1.29, 1.82) is 0 Å². The molecule has 2 rings (SSSR count). The van der Waals surface area contributed by atoms with Crippen LogP contribution in [0.15, 0.2) is 42.5 Å². The number of hydrogen-bond acceptors (Lipinski definition) is 3. The van der Waals surface area contributed by atoms with E-state index in [0.717, 1.165) is 16.7 Å². The normalized spacial score (nSPS) is 13.5. The molecule has 2 aromatic rings. The zero-order chi connectivity index (χ0) is 16.3. The van der Waals surface area contributed by atoms with Gasteiger partial charge in [-0.05, 0) is 44.0 Å².